The van der Waals surface area contributed by atoms with Gasteiger partial charge in [0.2, 0.25) is 0 Å². The SMILES string of the molecule is CCn1nc(C)cc1CC(NN)C1Cc2ccccc2O1. The van der Waals surface area contributed by atoms with Gasteiger partial charge in [-0.15, -0.1) is 0 Å². The predicted octanol–water partition coefficient (Wildman–Crippen LogP) is 1.59. The van der Waals surface area contributed by atoms with Gasteiger partial charge in [0.05, 0.1) is 11.7 Å². The molecule has 1 aliphatic heterocycles. The topological polar surface area (TPSA) is 65.1 Å². The summed E-state index contributed by atoms with van der Waals surface area (Å²) in [4.78, 5) is 0. The summed E-state index contributed by atoms with van der Waals surface area (Å²) >= 11 is 0. The zero-order valence-corrected chi connectivity index (χ0v) is 12.5. The highest BCUT2D eigenvalue weighted by Crippen LogP contribution is 2.30. The number of fused-ring (bicyclic) bond motifs is 1. The van der Waals surface area contributed by atoms with Crippen LogP contribution in [0.2, 0.25) is 0 Å². The van der Waals surface area contributed by atoms with Gasteiger partial charge in [0.15, 0.2) is 0 Å². The van der Waals surface area contributed by atoms with Crippen molar-refractivity contribution in [1.82, 2.24) is 15.2 Å². The van der Waals surface area contributed by atoms with Gasteiger partial charge in [0.25, 0.3) is 0 Å². The van der Waals surface area contributed by atoms with Crippen molar-refractivity contribution in [3.8, 4) is 5.75 Å². The van der Waals surface area contributed by atoms with Gasteiger partial charge >= 0.3 is 0 Å². The zero-order valence-electron chi connectivity index (χ0n) is 12.5. The molecule has 0 spiro atoms. The van der Waals surface area contributed by atoms with Crippen molar-refractivity contribution in [3.63, 3.8) is 0 Å². The minimum atomic E-state index is 0.0629. The Hall–Kier alpha value is -1.85. The molecule has 2 aromatic rings. The molecule has 1 aromatic heterocycles. The van der Waals surface area contributed by atoms with Crippen molar-refractivity contribution < 1.29 is 4.74 Å². The second-order valence-corrected chi connectivity index (χ2v) is 5.54. The van der Waals surface area contributed by atoms with Crippen LogP contribution in [0.4, 0.5) is 0 Å². The van der Waals surface area contributed by atoms with Crippen molar-refractivity contribution >= 4 is 0 Å². The third-order valence-electron chi connectivity index (χ3n) is 4.05. The standard InChI is InChI=1S/C16H22N4O/c1-3-20-13(8-11(2)19-20)10-14(18-17)16-9-12-6-4-5-7-15(12)21-16/h4-8,14,16,18H,3,9-10,17H2,1-2H3. The number of rotatable bonds is 5. The fourth-order valence-corrected chi connectivity index (χ4v) is 2.99. The molecule has 0 fully saturated rings. The highest BCUT2D eigenvalue weighted by Gasteiger charge is 2.30. The average molecular weight is 286 g/mol. The number of ether oxygens (including phenoxy) is 1. The quantitative estimate of drug-likeness (QED) is 0.647. The normalized spacial score (nSPS) is 18.3. The third kappa shape index (κ3) is 2.80. The van der Waals surface area contributed by atoms with E-state index in [0.29, 0.717) is 0 Å². The molecule has 3 rings (SSSR count). The Bertz CT molecular complexity index is 597. The summed E-state index contributed by atoms with van der Waals surface area (Å²) in [5.41, 5.74) is 6.41. The minimum Gasteiger partial charge on any atom is -0.488 e. The van der Waals surface area contributed by atoms with E-state index in [1.807, 2.05) is 29.8 Å². The number of hydrogen-bond acceptors (Lipinski definition) is 4. The number of aryl methyl sites for hydroxylation is 2. The van der Waals surface area contributed by atoms with E-state index in [1.165, 1.54) is 11.3 Å². The summed E-state index contributed by atoms with van der Waals surface area (Å²) in [5, 5.41) is 4.49. The van der Waals surface area contributed by atoms with Gasteiger partial charge in [-0.25, -0.2) is 0 Å². The Morgan fingerprint density at radius 2 is 2.29 bits per heavy atom. The summed E-state index contributed by atoms with van der Waals surface area (Å²) in [7, 11) is 0. The number of hydrazine groups is 1. The molecule has 1 aliphatic rings. The van der Waals surface area contributed by atoms with Crippen LogP contribution in [0.25, 0.3) is 0 Å². The average Bonchev–Trinajstić information content (AvgIpc) is 3.07. The lowest BCUT2D eigenvalue weighted by Crippen LogP contribution is -2.47. The molecular formula is C16H22N4O. The Labute approximate surface area is 125 Å². The monoisotopic (exact) mass is 286 g/mol. The van der Waals surface area contributed by atoms with Crippen molar-refractivity contribution in [3.05, 3.63) is 47.3 Å². The molecule has 1 aromatic carbocycles. The number of aromatic nitrogens is 2. The van der Waals surface area contributed by atoms with Crippen LogP contribution >= 0.6 is 0 Å². The van der Waals surface area contributed by atoms with Gasteiger partial charge in [-0.2, -0.15) is 5.10 Å². The van der Waals surface area contributed by atoms with E-state index in [2.05, 4.69) is 29.6 Å². The van der Waals surface area contributed by atoms with E-state index < -0.39 is 0 Å². The van der Waals surface area contributed by atoms with Crippen LogP contribution < -0.4 is 16.0 Å². The maximum Gasteiger partial charge on any atom is 0.123 e. The molecule has 2 atom stereocenters. The summed E-state index contributed by atoms with van der Waals surface area (Å²) in [6.45, 7) is 4.98. The molecule has 5 heteroatoms. The van der Waals surface area contributed by atoms with Gasteiger partial charge < -0.3 is 4.74 Å². The molecule has 0 radical (unpaired) electrons. The Morgan fingerprint density at radius 1 is 1.48 bits per heavy atom. The number of nitrogens with zero attached hydrogens (tertiary/aromatic N) is 2. The number of nitrogens with one attached hydrogen (secondary N) is 1. The van der Waals surface area contributed by atoms with E-state index in [1.54, 1.807) is 0 Å². The smallest absolute Gasteiger partial charge is 0.123 e. The van der Waals surface area contributed by atoms with Gasteiger partial charge in [-0.1, -0.05) is 18.2 Å². The highest BCUT2D eigenvalue weighted by molar-refractivity contribution is 5.37. The van der Waals surface area contributed by atoms with Crippen LogP contribution in [0.5, 0.6) is 5.75 Å². The van der Waals surface area contributed by atoms with E-state index in [4.69, 9.17) is 10.6 Å². The predicted molar refractivity (Wildman–Crippen MR) is 82.0 cm³/mol. The number of para-hydroxylation sites is 1. The maximum atomic E-state index is 6.04. The lowest BCUT2D eigenvalue weighted by molar-refractivity contribution is 0.176. The lowest BCUT2D eigenvalue weighted by Gasteiger charge is -2.22. The first-order chi connectivity index (χ1) is 10.2. The molecule has 2 heterocycles. The second-order valence-electron chi connectivity index (χ2n) is 5.54. The number of benzene rings is 1. The van der Waals surface area contributed by atoms with E-state index >= 15 is 0 Å². The first-order valence-electron chi connectivity index (χ1n) is 7.45. The van der Waals surface area contributed by atoms with E-state index in [-0.39, 0.29) is 12.1 Å². The number of hydrogen-bond donors (Lipinski definition) is 2. The molecule has 0 aliphatic carbocycles. The third-order valence-corrected chi connectivity index (χ3v) is 4.05. The lowest BCUT2D eigenvalue weighted by atomic mass is 10.0. The van der Waals surface area contributed by atoms with Gasteiger partial charge in [0.1, 0.15) is 11.9 Å². The molecule has 21 heavy (non-hydrogen) atoms. The van der Waals surface area contributed by atoms with E-state index in [0.717, 1.165) is 30.8 Å². The van der Waals surface area contributed by atoms with Crippen molar-refractivity contribution in [1.29, 1.82) is 0 Å². The van der Waals surface area contributed by atoms with E-state index in [9.17, 15) is 0 Å². The summed E-state index contributed by atoms with van der Waals surface area (Å²) in [5.74, 6) is 6.75. The molecule has 0 amide bonds. The molecular weight excluding hydrogens is 264 g/mol. The van der Waals surface area contributed by atoms with Crippen LogP contribution in [0.3, 0.4) is 0 Å². The van der Waals surface area contributed by atoms with Gasteiger partial charge in [-0.3, -0.25) is 16.0 Å². The van der Waals surface area contributed by atoms with Crippen molar-refractivity contribution in [2.24, 2.45) is 5.84 Å². The van der Waals surface area contributed by atoms with Crippen LogP contribution in [-0.4, -0.2) is 21.9 Å². The summed E-state index contributed by atoms with van der Waals surface area (Å²) in [6.07, 6.45) is 1.77. The minimum absolute atomic E-state index is 0.0629. The molecule has 0 saturated heterocycles. The first-order valence-corrected chi connectivity index (χ1v) is 7.45. The molecule has 3 N–H and O–H groups in total. The van der Waals surface area contributed by atoms with Crippen LogP contribution in [0.15, 0.2) is 30.3 Å². The van der Waals surface area contributed by atoms with Crippen LogP contribution in [-0.2, 0) is 19.4 Å². The van der Waals surface area contributed by atoms with Gasteiger partial charge in [-0.05, 0) is 31.5 Å². The largest absolute Gasteiger partial charge is 0.488 e. The first kappa shape index (κ1) is 14.1. The van der Waals surface area contributed by atoms with Crippen LogP contribution in [0.1, 0.15) is 23.9 Å². The molecule has 0 saturated carbocycles. The second kappa shape index (κ2) is 5.87. The summed E-state index contributed by atoms with van der Waals surface area (Å²) in [6, 6.07) is 10.4. The maximum absolute atomic E-state index is 6.04. The Balaban J connectivity index is 1.75. The zero-order chi connectivity index (χ0) is 14.8. The molecule has 2 unspecified atom stereocenters. The Kier molecular flexibility index (Phi) is 3.94. The highest BCUT2D eigenvalue weighted by atomic mass is 16.5. The fourth-order valence-electron chi connectivity index (χ4n) is 2.99. The molecule has 5 nitrogen and oxygen atoms in total. The van der Waals surface area contributed by atoms with Gasteiger partial charge in [0, 0.05) is 25.1 Å². The summed E-state index contributed by atoms with van der Waals surface area (Å²) < 4.78 is 8.07. The molecule has 0 bridgehead atoms. The fraction of sp³-hybridized carbons (Fsp3) is 0.438. The van der Waals surface area contributed by atoms with Crippen LogP contribution in [0, 0.1) is 6.92 Å². The Morgan fingerprint density at radius 3 is 3.00 bits per heavy atom. The van der Waals surface area contributed by atoms with Crippen molar-refractivity contribution in [2.45, 2.75) is 45.4 Å². The van der Waals surface area contributed by atoms with Crippen molar-refractivity contribution in [2.75, 3.05) is 0 Å². The number of nitrogens with two attached hydrogens (primary N) is 1. The molecule has 112 valence electrons.